The van der Waals surface area contributed by atoms with Crippen LogP contribution in [-0.4, -0.2) is 16.5 Å². The fraction of sp³-hybridized carbons (Fsp3) is 0.188. The smallest absolute Gasteiger partial charge is 0.166 e. The Morgan fingerprint density at radius 3 is 2.50 bits per heavy atom. The van der Waals surface area contributed by atoms with Gasteiger partial charge in [0.1, 0.15) is 0 Å². The van der Waals surface area contributed by atoms with E-state index in [9.17, 15) is 9.00 Å². The highest BCUT2D eigenvalue weighted by molar-refractivity contribution is 7.86. The number of carbonyl (C=O) groups excluding carboxylic acids is 1. The van der Waals surface area contributed by atoms with E-state index in [0.29, 0.717) is 18.5 Å². The number of anilines is 1. The van der Waals surface area contributed by atoms with Crippen LogP contribution in [0.2, 0.25) is 0 Å². The Labute approximate surface area is 120 Å². The van der Waals surface area contributed by atoms with Crippen molar-refractivity contribution in [3.05, 3.63) is 59.7 Å². The number of rotatable bonds is 2. The number of benzene rings is 2. The summed E-state index contributed by atoms with van der Waals surface area (Å²) in [6, 6.07) is 15.0. The number of carbonyl (C=O) groups is 1. The van der Waals surface area contributed by atoms with Crippen molar-refractivity contribution in [1.29, 1.82) is 0 Å². The van der Waals surface area contributed by atoms with E-state index >= 15 is 0 Å². The molecule has 0 fully saturated rings. The number of aryl methyl sites for hydroxylation is 1. The van der Waals surface area contributed by atoms with E-state index in [1.54, 1.807) is 10.4 Å². The van der Waals surface area contributed by atoms with E-state index in [-0.39, 0.29) is 5.78 Å². The van der Waals surface area contributed by atoms with Crippen LogP contribution in [0, 0.1) is 6.92 Å². The van der Waals surface area contributed by atoms with Crippen LogP contribution < -0.4 is 4.31 Å². The van der Waals surface area contributed by atoms with Gasteiger partial charge in [0.05, 0.1) is 10.6 Å². The minimum Gasteiger partial charge on any atom is -0.294 e. The summed E-state index contributed by atoms with van der Waals surface area (Å²) in [7, 11) is -1.27. The first kappa shape index (κ1) is 13.1. The summed E-state index contributed by atoms with van der Waals surface area (Å²) in [5.74, 6) is 0.123. The zero-order valence-corrected chi connectivity index (χ0v) is 12.0. The van der Waals surface area contributed by atoms with Crippen LogP contribution in [0.15, 0.2) is 53.4 Å². The Morgan fingerprint density at radius 1 is 1.05 bits per heavy atom. The molecule has 1 atom stereocenters. The Bertz CT molecular complexity index is 679. The number of hydrogen-bond donors (Lipinski definition) is 0. The molecule has 1 unspecified atom stereocenters. The zero-order valence-electron chi connectivity index (χ0n) is 11.2. The highest BCUT2D eigenvalue weighted by atomic mass is 32.2. The summed E-state index contributed by atoms with van der Waals surface area (Å²) >= 11 is 0. The second-order valence-corrected chi connectivity index (χ2v) is 6.27. The third-order valence-corrected chi connectivity index (χ3v) is 4.89. The van der Waals surface area contributed by atoms with Gasteiger partial charge < -0.3 is 0 Å². The van der Waals surface area contributed by atoms with Gasteiger partial charge in [-0.2, -0.15) is 0 Å². The number of nitrogens with zero attached hydrogens (tertiary/aromatic N) is 1. The summed E-state index contributed by atoms with van der Waals surface area (Å²) in [5.41, 5.74) is 2.57. The van der Waals surface area contributed by atoms with Gasteiger partial charge in [-0.15, -0.1) is 0 Å². The Balaban J connectivity index is 1.99. The number of para-hydroxylation sites is 1. The number of Topliss-reactive ketones (excluding diaryl/α,β-unsaturated/α-hetero) is 1. The molecule has 0 bridgehead atoms. The molecule has 0 spiro atoms. The highest BCUT2D eigenvalue weighted by Gasteiger charge is 2.26. The standard InChI is InChI=1S/C16H15NO2S/c1-12-6-8-13(9-7-12)20(19)17-11-10-16(18)14-4-2-3-5-15(14)17/h2-9H,10-11H2,1H3. The van der Waals surface area contributed by atoms with Crippen LogP contribution in [0.1, 0.15) is 22.3 Å². The van der Waals surface area contributed by atoms with Gasteiger partial charge in [0.25, 0.3) is 0 Å². The minimum absolute atomic E-state index is 0.123. The van der Waals surface area contributed by atoms with Crippen molar-refractivity contribution >= 4 is 22.5 Å². The molecule has 0 saturated carbocycles. The lowest BCUT2D eigenvalue weighted by molar-refractivity contribution is 0.0982. The molecule has 3 rings (SSSR count). The van der Waals surface area contributed by atoms with Crippen LogP contribution >= 0.6 is 0 Å². The van der Waals surface area contributed by atoms with Crippen molar-refractivity contribution in [2.45, 2.75) is 18.2 Å². The molecule has 0 aliphatic carbocycles. The molecular formula is C16H15NO2S. The van der Waals surface area contributed by atoms with Gasteiger partial charge in [0.2, 0.25) is 0 Å². The maximum Gasteiger partial charge on any atom is 0.166 e. The number of ketones is 1. The number of fused-ring (bicyclic) bond motifs is 1. The second-order valence-electron chi connectivity index (χ2n) is 4.85. The average Bonchev–Trinajstić information content (AvgIpc) is 2.48. The molecule has 0 saturated heterocycles. The average molecular weight is 285 g/mol. The summed E-state index contributed by atoms with van der Waals surface area (Å²) in [6.07, 6.45) is 0.411. The summed E-state index contributed by atoms with van der Waals surface area (Å²) in [6.45, 7) is 2.50. The molecule has 1 heterocycles. The third kappa shape index (κ3) is 2.27. The predicted molar refractivity (Wildman–Crippen MR) is 80.3 cm³/mol. The van der Waals surface area contributed by atoms with Gasteiger partial charge in [-0.05, 0) is 31.2 Å². The maximum absolute atomic E-state index is 12.7. The van der Waals surface area contributed by atoms with Gasteiger partial charge in [0.15, 0.2) is 16.8 Å². The monoisotopic (exact) mass is 285 g/mol. The van der Waals surface area contributed by atoms with Gasteiger partial charge in [-0.25, -0.2) is 4.21 Å². The van der Waals surface area contributed by atoms with Crippen molar-refractivity contribution < 1.29 is 9.00 Å². The van der Waals surface area contributed by atoms with Gasteiger partial charge in [-0.1, -0.05) is 29.8 Å². The fourth-order valence-corrected chi connectivity index (χ4v) is 3.56. The summed E-state index contributed by atoms with van der Waals surface area (Å²) in [5, 5.41) is 0. The van der Waals surface area contributed by atoms with Crippen molar-refractivity contribution in [3.63, 3.8) is 0 Å². The second kappa shape index (κ2) is 5.21. The topological polar surface area (TPSA) is 37.4 Å². The first-order valence-electron chi connectivity index (χ1n) is 6.55. The molecule has 2 aromatic carbocycles. The molecule has 20 heavy (non-hydrogen) atoms. The zero-order chi connectivity index (χ0) is 14.1. The van der Waals surface area contributed by atoms with E-state index in [0.717, 1.165) is 16.1 Å². The van der Waals surface area contributed by atoms with Crippen LogP contribution in [0.25, 0.3) is 0 Å². The lowest BCUT2D eigenvalue weighted by atomic mass is 10.0. The Kier molecular flexibility index (Phi) is 3.40. The van der Waals surface area contributed by atoms with Gasteiger partial charge >= 0.3 is 0 Å². The quantitative estimate of drug-likeness (QED) is 0.850. The lowest BCUT2D eigenvalue weighted by Crippen LogP contribution is -2.33. The third-order valence-electron chi connectivity index (χ3n) is 3.44. The van der Waals surface area contributed by atoms with Crippen molar-refractivity contribution in [1.82, 2.24) is 0 Å². The van der Waals surface area contributed by atoms with E-state index in [2.05, 4.69) is 0 Å². The maximum atomic E-state index is 12.7. The molecule has 102 valence electrons. The summed E-state index contributed by atoms with van der Waals surface area (Å²) in [4.78, 5) is 12.7. The largest absolute Gasteiger partial charge is 0.294 e. The SMILES string of the molecule is Cc1ccc(S(=O)N2CCC(=O)c3ccccc32)cc1. The molecule has 4 heteroatoms. The Morgan fingerprint density at radius 2 is 1.75 bits per heavy atom. The normalized spacial score (nSPS) is 15.8. The van der Waals surface area contributed by atoms with Crippen LogP contribution in [0.5, 0.6) is 0 Å². The summed E-state index contributed by atoms with van der Waals surface area (Å²) < 4.78 is 14.5. The van der Waals surface area contributed by atoms with E-state index < -0.39 is 11.0 Å². The van der Waals surface area contributed by atoms with E-state index in [1.807, 2.05) is 49.4 Å². The van der Waals surface area contributed by atoms with Crippen LogP contribution in [0.4, 0.5) is 5.69 Å². The lowest BCUT2D eigenvalue weighted by Gasteiger charge is -2.29. The Hall–Kier alpha value is -1.94. The first-order valence-corrected chi connectivity index (χ1v) is 7.66. The van der Waals surface area contributed by atoms with Crippen LogP contribution in [0.3, 0.4) is 0 Å². The fourth-order valence-electron chi connectivity index (χ4n) is 2.34. The molecule has 3 nitrogen and oxygen atoms in total. The number of hydrogen-bond acceptors (Lipinski definition) is 2. The molecule has 0 aromatic heterocycles. The minimum atomic E-state index is -1.27. The molecule has 0 N–H and O–H groups in total. The van der Waals surface area contributed by atoms with Crippen LogP contribution in [-0.2, 0) is 11.0 Å². The van der Waals surface area contributed by atoms with Gasteiger partial charge in [-0.3, -0.25) is 9.10 Å². The molecular weight excluding hydrogens is 270 g/mol. The molecule has 1 aliphatic heterocycles. The van der Waals surface area contributed by atoms with Crippen molar-refractivity contribution in [2.75, 3.05) is 10.8 Å². The molecule has 1 aliphatic rings. The predicted octanol–water partition coefficient (Wildman–Crippen LogP) is 3.11. The van der Waals surface area contributed by atoms with Crippen molar-refractivity contribution in [3.8, 4) is 0 Å². The first-order chi connectivity index (χ1) is 9.66. The molecule has 0 amide bonds. The molecule has 0 radical (unpaired) electrons. The van der Waals surface area contributed by atoms with E-state index in [4.69, 9.17) is 0 Å². The molecule has 2 aromatic rings. The van der Waals surface area contributed by atoms with Crippen molar-refractivity contribution in [2.24, 2.45) is 0 Å². The van der Waals surface area contributed by atoms with E-state index in [1.165, 1.54) is 0 Å². The highest BCUT2D eigenvalue weighted by Crippen LogP contribution is 2.29. The van der Waals surface area contributed by atoms with Gasteiger partial charge in [0, 0.05) is 18.5 Å².